The maximum Gasteiger partial charge on any atom is 0.226 e. The summed E-state index contributed by atoms with van der Waals surface area (Å²) in [6, 6.07) is 5.45. The lowest BCUT2D eigenvalue weighted by atomic mass is 10.2. The van der Waals surface area contributed by atoms with E-state index in [2.05, 4.69) is 4.98 Å². The Morgan fingerprint density at radius 2 is 2.28 bits per heavy atom. The number of rotatable bonds is 4. The second-order valence-corrected chi connectivity index (χ2v) is 4.16. The van der Waals surface area contributed by atoms with Gasteiger partial charge >= 0.3 is 0 Å². The average Bonchev–Trinajstić information content (AvgIpc) is 2.73. The van der Waals surface area contributed by atoms with Crippen LogP contribution < -0.4 is 4.90 Å². The highest BCUT2D eigenvalue weighted by Crippen LogP contribution is 2.22. The number of aliphatic hydroxyl groups excluding tert-OH is 1. The second kappa shape index (κ2) is 5.18. The van der Waals surface area contributed by atoms with Gasteiger partial charge in [-0.2, -0.15) is 0 Å². The smallest absolute Gasteiger partial charge is 0.226 e. The molecule has 2 rings (SSSR count). The van der Waals surface area contributed by atoms with Gasteiger partial charge in [0.05, 0.1) is 0 Å². The molecule has 0 saturated heterocycles. The van der Waals surface area contributed by atoms with Gasteiger partial charge in [-0.3, -0.25) is 4.79 Å². The molecule has 1 amide bonds. The number of aromatic nitrogens is 1. The minimum Gasteiger partial charge on any atom is -0.441 e. The number of anilines is 1. The van der Waals surface area contributed by atoms with Crippen molar-refractivity contribution in [2.45, 2.75) is 19.8 Å². The van der Waals surface area contributed by atoms with Gasteiger partial charge in [0.1, 0.15) is 5.52 Å². The molecule has 1 aromatic carbocycles. The number of hydrogen-bond donors (Lipinski definition) is 1. The quantitative estimate of drug-likeness (QED) is 0.897. The Kier molecular flexibility index (Phi) is 3.62. The van der Waals surface area contributed by atoms with Crippen LogP contribution in [-0.4, -0.2) is 29.7 Å². The summed E-state index contributed by atoms with van der Waals surface area (Å²) >= 11 is 0. The highest BCUT2D eigenvalue weighted by molar-refractivity contribution is 5.94. The van der Waals surface area contributed by atoms with E-state index in [9.17, 15) is 4.79 Å². The van der Waals surface area contributed by atoms with E-state index in [4.69, 9.17) is 9.52 Å². The van der Waals surface area contributed by atoms with Crippen LogP contribution in [0.1, 0.15) is 18.7 Å². The van der Waals surface area contributed by atoms with Gasteiger partial charge in [0.2, 0.25) is 5.91 Å². The Labute approximate surface area is 105 Å². The average molecular weight is 248 g/mol. The lowest BCUT2D eigenvalue weighted by Gasteiger charge is -2.16. The Morgan fingerprint density at radius 1 is 1.50 bits per heavy atom. The number of hydrogen-bond acceptors (Lipinski definition) is 4. The summed E-state index contributed by atoms with van der Waals surface area (Å²) in [6.07, 6.45) is 0.817. The molecule has 1 heterocycles. The number of carbonyl (C=O) groups excluding carboxylic acids is 1. The zero-order valence-electron chi connectivity index (χ0n) is 10.5. The van der Waals surface area contributed by atoms with Crippen LogP contribution >= 0.6 is 0 Å². The van der Waals surface area contributed by atoms with Gasteiger partial charge in [-0.25, -0.2) is 4.98 Å². The SMILES string of the molecule is Cc1nc2cc(N(C)C(=O)CCCO)ccc2o1. The molecule has 1 aromatic heterocycles. The molecule has 0 spiro atoms. The molecule has 96 valence electrons. The third-order valence-corrected chi connectivity index (χ3v) is 2.79. The first kappa shape index (κ1) is 12.6. The molecule has 2 aromatic rings. The van der Waals surface area contributed by atoms with Gasteiger partial charge in [0.25, 0.3) is 0 Å². The number of nitrogens with zero attached hydrogens (tertiary/aromatic N) is 2. The van der Waals surface area contributed by atoms with E-state index in [-0.39, 0.29) is 12.5 Å². The van der Waals surface area contributed by atoms with Crippen LogP contribution in [-0.2, 0) is 4.79 Å². The van der Waals surface area contributed by atoms with Crippen LogP contribution in [0, 0.1) is 6.92 Å². The number of carbonyl (C=O) groups is 1. The molecule has 0 fully saturated rings. The summed E-state index contributed by atoms with van der Waals surface area (Å²) in [7, 11) is 1.72. The molecule has 0 unspecified atom stereocenters. The number of benzene rings is 1. The fraction of sp³-hybridized carbons (Fsp3) is 0.385. The van der Waals surface area contributed by atoms with Crippen LogP contribution in [0.2, 0.25) is 0 Å². The van der Waals surface area contributed by atoms with Crippen LogP contribution in [0.3, 0.4) is 0 Å². The lowest BCUT2D eigenvalue weighted by Crippen LogP contribution is -2.26. The Morgan fingerprint density at radius 3 is 3.00 bits per heavy atom. The first-order chi connectivity index (χ1) is 8.61. The monoisotopic (exact) mass is 248 g/mol. The summed E-state index contributed by atoms with van der Waals surface area (Å²) in [5, 5.41) is 8.72. The first-order valence-corrected chi connectivity index (χ1v) is 5.86. The summed E-state index contributed by atoms with van der Waals surface area (Å²) in [5.41, 5.74) is 2.23. The van der Waals surface area contributed by atoms with E-state index in [1.54, 1.807) is 24.9 Å². The zero-order chi connectivity index (χ0) is 13.1. The van der Waals surface area contributed by atoms with Crippen molar-refractivity contribution in [2.75, 3.05) is 18.6 Å². The van der Waals surface area contributed by atoms with E-state index >= 15 is 0 Å². The van der Waals surface area contributed by atoms with E-state index in [1.807, 2.05) is 12.1 Å². The Hall–Kier alpha value is -1.88. The van der Waals surface area contributed by atoms with Crippen LogP contribution in [0.4, 0.5) is 5.69 Å². The van der Waals surface area contributed by atoms with Crippen molar-refractivity contribution in [1.82, 2.24) is 4.98 Å². The summed E-state index contributed by atoms with van der Waals surface area (Å²) < 4.78 is 5.38. The zero-order valence-corrected chi connectivity index (χ0v) is 10.5. The maximum atomic E-state index is 11.8. The van der Waals surface area contributed by atoms with E-state index < -0.39 is 0 Å². The fourth-order valence-electron chi connectivity index (χ4n) is 1.78. The minimum atomic E-state index is -0.0244. The van der Waals surface area contributed by atoms with Crippen molar-refractivity contribution >= 4 is 22.7 Å². The summed E-state index contributed by atoms with van der Waals surface area (Å²) in [5.74, 6) is 0.583. The van der Waals surface area contributed by atoms with Crippen LogP contribution in [0.15, 0.2) is 22.6 Å². The van der Waals surface area contributed by atoms with E-state index in [0.717, 1.165) is 11.2 Å². The van der Waals surface area contributed by atoms with Crippen molar-refractivity contribution in [1.29, 1.82) is 0 Å². The molecular weight excluding hydrogens is 232 g/mol. The molecule has 5 heteroatoms. The molecule has 0 atom stereocenters. The molecule has 0 aliphatic heterocycles. The van der Waals surface area contributed by atoms with Crippen molar-refractivity contribution in [2.24, 2.45) is 0 Å². The molecule has 18 heavy (non-hydrogen) atoms. The Bertz CT molecular complexity index is 562. The second-order valence-electron chi connectivity index (χ2n) is 4.16. The number of oxazole rings is 1. The highest BCUT2D eigenvalue weighted by Gasteiger charge is 2.12. The normalized spacial score (nSPS) is 10.8. The molecule has 5 nitrogen and oxygen atoms in total. The molecule has 0 bridgehead atoms. The number of fused-ring (bicyclic) bond motifs is 1. The number of amides is 1. The molecule has 0 saturated carbocycles. The minimum absolute atomic E-state index is 0.0244. The van der Waals surface area contributed by atoms with Gasteiger partial charge in [0.15, 0.2) is 11.5 Å². The predicted molar refractivity (Wildman–Crippen MR) is 68.5 cm³/mol. The van der Waals surface area contributed by atoms with Crippen LogP contribution in [0.25, 0.3) is 11.1 Å². The molecule has 0 radical (unpaired) electrons. The van der Waals surface area contributed by atoms with E-state index in [1.165, 1.54) is 0 Å². The number of aryl methyl sites for hydroxylation is 1. The summed E-state index contributed by atoms with van der Waals surface area (Å²) in [6.45, 7) is 1.82. The van der Waals surface area contributed by atoms with Gasteiger partial charge in [-0.15, -0.1) is 0 Å². The first-order valence-electron chi connectivity index (χ1n) is 5.86. The third-order valence-electron chi connectivity index (χ3n) is 2.79. The molecule has 0 aliphatic rings. The maximum absolute atomic E-state index is 11.8. The standard InChI is InChI=1S/C13H16N2O3/c1-9-14-11-8-10(5-6-12(11)18-9)15(2)13(17)4-3-7-16/h5-6,8,16H,3-4,7H2,1-2H3. The summed E-state index contributed by atoms with van der Waals surface area (Å²) in [4.78, 5) is 17.6. The van der Waals surface area contributed by atoms with Crippen molar-refractivity contribution in [3.63, 3.8) is 0 Å². The molecule has 1 N–H and O–H groups in total. The molecular formula is C13H16N2O3. The van der Waals surface area contributed by atoms with Crippen molar-refractivity contribution < 1.29 is 14.3 Å². The molecule has 0 aliphatic carbocycles. The highest BCUT2D eigenvalue weighted by atomic mass is 16.3. The van der Waals surface area contributed by atoms with Crippen molar-refractivity contribution in [3.05, 3.63) is 24.1 Å². The topological polar surface area (TPSA) is 66.6 Å². The van der Waals surface area contributed by atoms with Crippen molar-refractivity contribution in [3.8, 4) is 0 Å². The Balaban J connectivity index is 2.21. The number of aliphatic hydroxyl groups is 1. The third kappa shape index (κ3) is 2.51. The van der Waals surface area contributed by atoms with Gasteiger partial charge < -0.3 is 14.4 Å². The van der Waals surface area contributed by atoms with Gasteiger partial charge in [0, 0.05) is 32.7 Å². The predicted octanol–water partition coefficient (Wildman–Crippen LogP) is 1.87. The fourth-order valence-corrected chi connectivity index (χ4v) is 1.78. The lowest BCUT2D eigenvalue weighted by molar-refractivity contribution is -0.118. The largest absolute Gasteiger partial charge is 0.441 e. The van der Waals surface area contributed by atoms with Gasteiger partial charge in [-0.05, 0) is 24.6 Å². The van der Waals surface area contributed by atoms with E-state index in [0.29, 0.717) is 24.3 Å². The van der Waals surface area contributed by atoms with Crippen LogP contribution in [0.5, 0.6) is 0 Å². The van der Waals surface area contributed by atoms with Gasteiger partial charge in [-0.1, -0.05) is 0 Å².